The fourth-order valence-corrected chi connectivity index (χ4v) is 2.69. The minimum absolute atomic E-state index is 0.641. The quantitative estimate of drug-likeness (QED) is 0.726. The van der Waals surface area contributed by atoms with Crippen molar-refractivity contribution in [3.63, 3.8) is 0 Å². The van der Waals surface area contributed by atoms with Crippen LogP contribution in [0.5, 0.6) is 0 Å². The molecule has 3 aromatic rings. The number of aromatic amines is 1. The summed E-state index contributed by atoms with van der Waals surface area (Å²) in [6.07, 6.45) is 2.59. The maximum atomic E-state index is 6.00. The van der Waals surface area contributed by atoms with Gasteiger partial charge in [0.15, 0.2) is 0 Å². The first kappa shape index (κ1) is 13.2. The van der Waals surface area contributed by atoms with Crippen LogP contribution in [0.4, 0.5) is 0 Å². The number of hydrogen-bond donors (Lipinski definition) is 1. The first-order chi connectivity index (χ1) is 9.70. The molecule has 0 spiro atoms. The van der Waals surface area contributed by atoms with Crippen LogP contribution in [-0.4, -0.2) is 9.97 Å². The minimum atomic E-state index is 0.641. The minimum Gasteiger partial charge on any atom is -0.348 e. The molecule has 0 unspecified atom stereocenters. The van der Waals surface area contributed by atoms with Gasteiger partial charge in [0.25, 0.3) is 0 Å². The highest BCUT2D eigenvalue weighted by Gasteiger charge is 2.05. The second-order valence-electron chi connectivity index (χ2n) is 4.55. The molecule has 1 aromatic heterocycles. The van der Waals surface area contributed by atoms with Crippen molar-refractivity contribution in [2.24, 2.45) is 0 Å². The van der Waals surface area contributed by atoms with E-state index in [0.717, 1.165) is 22.6 Å². The second-order valence-corrected chi connectivity index (χ2v) is 5.43. The zero-order valence-corrected chi connectivity index (χ0v) is 12.1. The van der Waals surface area contributed by atoms with Gasteiger partial charge in [0.1, 0.15) is 5.82 Å². The number of imidazole rings is 1. The molecule has 0 aliphatic carbocycles. The molecule has 3 rings (SSSR count). The number of aromatic nitrogens is 2. The van der Waals surface area contributed by atoms with Gasteiger partial charge in [-0.25, -0.2) is 4.98 Å². The summed E-state index contributed by atoms with van der Waals surface area (Å²) < 4.78 is 0. The van der Waals surface area contributed by atoms with Gasteiger partial charge in [-0.05, 0) is 23.8 Å². The van der Waals surface area contributed by atoms with E-state index in [9.17, 15) is 0 Å². The lowest BCUT2D eigenvalue weighted by Crippen LogP contribution is -1.91. The van der Waals surface area contributed by atoms with E-state index in [4.69, 9.17) is 23.2 Å². The normalized spacial score (nSPS) is 10.7. The van der Waals surface area contributed by atoms with Crippen LogP contribution in [0.15, 0.2) is 54.7 Å². The van der Waals surface area contributed by atoms with Crippen LogP contribution in [-0.2, 0) is 6.42 Å². The number of rotatable bonds is 3. The number of nitrogens with one attached hydrogen (secondary N) is 1. The Hall–Kier alpha value is -1.77. The highest BCUT2D eigenvalue weighted by Crippen LogP contribution is 2.22. The Bertz CT molecular complexity index is 700. The van der Waals surface area contributed by atoms with Crippen LogP contribution in [0, 0.1) is 0 Å². The summed E-state index contributed by atoms with van der Waals surface area (Å²) >= 11 is 12.0. The van der Waals surface area contributed by atoms with Gasteiger partial charge in [0.05, 0.1) is 5.69 Å². The second kappa shape index (κ2) is 5.70. The van der Waals surface area contributed by atoms with Crippen LogP contribution in [0.2, 0.25) is 10.0 Å². The molecular formula is C16H12Cl2N2. The van der Waals surface area contributed by atoms with Gasteiger partial charge in [0.2, 0.25) is 0 Å². The molecule has 20 heavy (non-hydrogen) atoms. The highest BCUT2D eigenvalue weighted by molar-refractivity contribution is 6.34. The summed E-state index contributed by atoms with van der Waals surface area (Å²) in [6.45, 7) is 0. The van der Waals surface area contributed by atoms with Gasteiger partial charge >= 0.3 is 0 Å². The zero-order chi connectivity index (χ0) is 13.9. The molecule has 0 bridgehead atoms. The van der Waals surface area contributed by atoms with E-state index >= 15 is 0 Å². The molecule has 0 amide bonds. The van der Waals surface area contributed by atoms with Crippen molar-refractivity contribution in [1.29, 1.82) is 0 Å². The van der Waals surface area contributed by atoms with Crippen molar-refractivity contribution in [1.82, 2.24) is 9.97 Å². The smallest absolute Gasteiger partial charge is 0.111 e. The Balaban J connectivity index is 1.84. The predicted molar refractivity (Wildman–Crippen MR) is 83.3 cm³/mol. The summed E-state index contributed by atoms with van der Waals surface area (Å²) in [5, 5.41) is 1.28. The van der Waals surface area contributed by atoms with E-state index in [2.05, 4.69) is 9.97 Å². The molecular weight excluding hydrogens is 291 g/mol. The number of hydrogen-bond acceptors (Lipinski definition) is 1. The van der Waals surface area contributed by atoms with Crippen molar-refractivity contribution in [2.45, 2.75) is 6.42 Å². The third kappa shape index (κ3) is 3.03. The van der Waals surface area contributed by atoms with Gasteiger partial charge in [-0.15, -0.1) is 0 Å². The average Bonchev–Trinajstić information content (AvgIpc) is 2.87. The van der Waals surface area contributed by atoms with Crippen molar-refractivity contribution >= 4 is 23.2 Å². The van der Waals surface area contributed by atoms with E-state index in [-0.39, 0.29) is 0 Å². The van der Waals surface area contributed by atoms with Crippen LogP contribution in [0.3, 0.4) is 0 Å². The molecule has 0 aliphatic heterocycles. The number of H-pyrrole nitrogens is 1. The fraction of sp³-hybridized carbons (Fsp3) is 0.0625. The molecule has 100 valence electrons. The monoisotopic (exact) mass is 302 g/mol. The SMILES string of the molecule is Clc1cc(Cl)cc(Cc2nc(-c3ccccc3)c[nH]2)c1. The van der Waals surface area contributed by atoms with E-state index in [1.807, 2.05) is 48.7 Å². The zero-order valence-electron chi connectivity index (χ0n) is 10.6. The van der Waals surface area contributed by atoms with Gasteiger partial charge < -0.3 is 4.98 Å². The maximum Gasteiger partial charge on any atom is 0.111 e. The summed E-state index contributed by atoms with van der Waals surface area (Å²) in [5.41, 5.74) is 3.07. The van der Waals surface area contributed by atoms with Crippen molar-refractivity contribution in [2.75, 3.05) is 0 Å². The molecule has 0 fully saturated rings. The van der Waals surface area contributed by atoms with E-state index in [0.29, 0.717) is 16.5 Å². The first-order valence-corrected chi connectivity index (χ1v) is 7.01. The molecule has 0 aliphatic rings. The van der Waals surface area contributed by atoms with Crippen LogP contribution >= 0.6 is 23.2 Å². The Morgan fingerprint density at radius 3 is 2.35 bits per heavy atom. The molecule has 2 aromatic carbocycles. The lowest BCUT2D eigenvalue weighted by Gasteiger charge is -2.01. The predicted octanol–water partition coefficient (Wildman–Crippen LogP) is 4.97. The molecule has 4 heteroatoms. The first-order valence-electron chi connectivity index (χ1n) is 6.25. The topological polar surface area (TPSA) is 28.7 Å². The molecule has 0 saturated carbocycles. The molecule has 2 nitrogen and oxygen atoms in total. The Morgan fingerprint density at radius 2 is 1.65 bits per heavy atom. The van der Waals surface area contributed by atoms with Gasteiger partial charge in [-0.1, -0.05) is 53.5 Å². The Morgan fingerprint density at radius 1 is 0.950 bits per heavy atom. The van der Waals surface area contributed by atoms with Crippen molar-refractivity contribution in [3.05, 3.63) is 76.2 Å². The van der Waals surface area contributed by atoms with E-state index < -0.39 is 0 Å². The lowest BCUT2D eigenvalue weighted by atomic mass is 10.1. The molecule has 1 heterocycles. The summed E-state index contributed by atoms with van der Waals surface area (Å²) in [5.74, 6) is 0.891. The van der Waals surface area contributed by atoms with Crippen molar-refractivity contribution < 1.29 is 0 Å². The summed E-state index contributed by atoms with van der Waals surface area (Å²) in [4.78, 5) is 7.79. The summed E-state index contributed by atoms with van der Waals surface area (Å²) in [6, 6.07) is 15.6. The maximum absolute atomic E-state index is 6.00. The molecule has 1 N–H and O–H groups in total. The van der Waals surface area contributed by atoms with Crippen LogP contribution in [0.1, 0.15) is 11.4 Å². The average molecular weight is 303 g/mol. The number of benzene rings is 2. The standard InChI is InChI=1S/C16H12Cl2N2/c17-13-6-11(7-14(18)9-13)8-16-19-10-15(20-16)12-4-2-1-3-5-12/h1-7,9-10H,8H2,(H,19,20). The number of halogens is 2. The lowest BCUT2D eigenvalue weighted by molar-refractivity contribution is 1.03. The third-order valence-electron chi connectivity index (χ3n) is 2.99. The Labute approximate surface area is 127 Å². The summed E-state index contributed by atoms with van der Waals surface area (Å²) in [7, 11) is 0. The highest BCUT2D eigenvalue weighted by atomic mass is 35.5. The van der Waals surface area contributed by atoms with E-state index in [1.54, 1.807) is 6.07 Å². The third-order valence-corrected chi connectivity index (χ3v) is 3.43. The van der Waals surface area contributed by atoms with Gasteiger partial charge in [-0.3, -0.25) is 0 Å². The molecule has 0 saturated heterocycles. The van der Waals surface area contributed by atoms with Gasteiger partial charge in [0, 0.05) is 28.2 Å². The molecule has 0 atom stereocenters. The van der Waals surface area contributed by atoms with E-state index in [1.165, 1.54) is 0 Å². The number of nitrogens with zero attached hydrogens (tertiary/aromatic N) is 1. The van der Waals surface area contributed by atoms with Gasteiger partial charge in [-0.2, -0.15) is 0 Å². The van der Waals surface area contributed by atoms with Crippen molar-refractivity contribution in [3.8, 4) is 11.3 Å². The van der Waals surface area contributed by atoms with Crippen LogP contribution in [0.25, 0.3) is 11.3 Å². The molecule has 0 radical (unpaired) electrons. The fourth-order valence-electron chi connectivity index (χ4n) is 2.12. The van der Waals surface area contributed by atoms with Crippen LogP contribution < -0.4 is 0 Å². The Kier molecular flexibility index (Phi) is 3.77. The largest absolute Gasteiger partial charge is 0.348 e.